The fraction of sp³-hybridized carbons (Fsp3) is 0.167. The second-order valence-electron chi connectivity index (χ2n) is 5.61. The molecule has 0 fully saturated rings. The van der Waals surface area contributed by atoms with Crippen molar-refractivity contribution < 1.29 is 4.79 Å². The molecular formula is C18H19N3O. The second-order valence-corrected chi connectivity index (χ2v) is 5.61. The summed E-state index contributed by atoms with van der Waals surface area (Å²) >= 11 is 0. The van der Waals surface area contributed by atoms with E-state index in [4.69, 9.17) is 0 Å². The van der Waals surface area contributed by atoms with Crippen molar-refractivity contribution in [3.8, 4) is 0 Å². The van der Waals surface area contributed by atoms with Crippen LogP contribution < -0.4 is 10.6 Å². The Bertz CT molecular complexity index is 805. The van der Waals surface area contributed by atoms with Crippen molar-refractivity contribution in [2.75, 3.05) is 10.6 Å². The Morgan fingerprint density at radius 3 is 2.68 bits per heavy atom. The van der Waals surface area contributed by atoms with Gasteiger partial charge in [-0.2, -0.15) is 0 Å². The van der Waals surface area contributed by atoms with Crippen molar-refractivity contribution in [3.63, 3.8) is 0 Å². The van der Waals surface area contributed by atoms with Gasteiger partial charge in [-0.1, -0.05) is 44.2 Å². The Labute approximate surface area is 129 Å². The van der Waals surface area contributed by atoms with Crippen LogP contribution in [0.5, 0.6) is 0 Å². The Balaban J connectivity index is 1.74. The van der Waals surface area contributed by atoms with Gasteiger partial charge in [0.1, 0.15) is 0 Å². The lowest BCUT2D eigenvalue weighted by atomic mass is 10.0. The first-order chi connectivity index (χ1) is 10.6. The minimum absolute atomic E-state index is 0.245. The molecule has 0 aliphatic carbocycles. The lowest BCUT2D eigenvalue weighted by Crippen LogP contribution is -2.19. The van der Waals surface area contributed by atoms with Crippen LogP contribution in [-0.2, 0) is 0 Å². The molecule has 0 spiro atoms. The molecule has 0 atom stereocenters. The maximum absolute atomic E-state index is 12.2. The van der Waals surface area contributed by atoms with Gasteiger partial charge >= 0.3 is 6.03 Å². The molecular weight excluding hydrogens is 274 g/mol. The van der Waals surface area contributed by atoms with Crippen LogP contribution in [0.4, 0.5) is 16.2 Å². The van der Waals surface area contributed by atoms with Gasteiger partial charge in [0, 0.05) is 22.8 Å². The van der Waals surface area contributed by atoms with Crippen molar-refractivity contribution in [1.29, 1.82) is 0 Å². The molecule has 1 heterocycles. The lowest BCUT2D eigenvalue weighted by molar-refractivity contribution is 0.262. The van der Waals surface area contributed by atoms with E-state index in [9.17, 15) is 4.79 Å². The molecule has 2 aromatic carbocycles. The molecule has 1 aromatic heterocycles. The molecule has 0 aliphatic rings. The monoisotopic (exact) mass is 293 g/mol. The number of amides is 2. The van der Waals surface area contributed by atoms with Crippen molar-refractivity contribution in [2.24, 2.45) is 0 Å². The third kappa shape index (κ3) is 2.96. The number of para-hydroxylation sites is 1. The first kappa shape index (κ1) is 14.2. The standard InChI is InChI=1S/C18H19N3O/c1-12(2)13-6-5-7-14(10-13)20-18(22)21-17-11-19-16-9-4-3-8-15(16)17/h3-12,19H,1-2H3,(H2,20,21,22). The van der Waals surface area contributed by atoms with Gasteiger partial charge in [-0.15, -0.1) is 0 Å². The van der Waals surface area contributed by atoms with Gasteiger partial charge in [0.2, 0.25) is 0 Å². The zero-order valence-electron chi connectivity index (χ0n) is 12.7. The second kappa shape index (κ2) is 5.93. The summed E-state index contributed by atoms with van der Waals surface area (Å²) < 4.78 is 0. The number of aromatic nitrogens is 1. The van der Waals surface area contributed by atoms with E-state index in [-0.39, 0.29) is 6.03 Å². The van der Waals surface area contributed by atoms with Crippen LogP contribution in [0, 0.1) is 0 Å². The van der Waals surface area contributed by atoms with E-state index in [2.05, 4.69) is 35.5 Å². The number of anilines is 2. The van der Waals surface area contributed by atoms with Crippen molar-refractivity contribution in [2.45, 2.75) is 19.8 Å². The molecule has 0 bridgehead atoms. The van der Waals surface area contributed by atoms with E-state index < -0.39 is 0 Å². The highest BCUT2D eigenvalue weighted by Gasteiger charge is 2.08. The van der Waals surface area contributed by atoms with Crippen LogP contribution in [0.2, 0.25) is 0 Å². The third-order valence-corrected chi connectivity index (χ3v) is 3.65. The fourth-order valence-corrected chi connectivity index (χ4v) is 2.44. The van der Waals surface area contributed by atoms with Gasteiger partial charge in [0.05, 0.1) is 5.69 Å². The number of fused-ring (bicyclic) bond motifs is 1. The molecule has 22 heavy (non-hydrogen) atoms. The number of carbonyl (C=O) groups excluding carboxylic acids is 1. The Kier molecular flexibility index (Phi) is 3.83. The smallest absolute Gasteiger partial charge is 0.323 e. The van der Waals surface area contributed by atoms with E-state index in [1.165, 1.54) is 5.56 Å². The minimum atomic E-state index is -0.245. The summed E-state index contributed by atoms with van der Waals surface area (Å²) in [5.74, 6) is 0.429. The van der Waals surface area contributed by atoms with E-state index in [1.54, 1.807) is 6.20 Å². The van der Waals surface area contributed by atoms with E-state index in [0.717, 1.165) is 22.3 Å². The Hall–Kier alpha value is -2.75. The maximum atomic E-state index is 12.2. The molecule has 4 nitrogen and oxygen atoms in total. The highest BCUT2D eigenvalue weighted by atomic mass is 16.2. The van der Waals surface area contributed by atoms with Gasteiger partial charge in [-0.05, 0) is 29.7 Å². The topological polar surface area (TPSA) is 56.9 Å². The zero-order chi connectivity index (χ0) is 15.5. The third-order valence-electron chi connectivity index (χ3n) is 3.65. The first-order valence-corrected chi connectivity index (χ1v) is 7.37. The molecule has 0 saturated carbocycles. The largest absolute Gasteiger partial charge is 0.359 e. The molecule has 3 N–H and O–H groups in total. The predicted octanol–water partition coefficient (Wildman–Crippen LogP) is 4.94. The predicted molar refractivity (Wildman–Crippen MR) is 91.5 cm³/mol. The number of hydrogen-bond donors (Lipinski definition) is 3. The number of hydrogen-bond acceptors (Lipinski definition) is 1. The molecule has 2 amide bonds. The van der Waals surface area contributed by atoms with E-state index in [1.807, 2.05) is 42.5 Å². The number of carbonyl (C=O) groups is 1. The van der Waals surface area contributed by atoms with Crippen molar-refractivity contribution in [1.82, 2.24) is 4.98 Å². The van der Waals surface area contributed by atoms with Crippen molar-refractivity contribution >= 4 is 28.3 Å². The van der Waals surface area contributed by atoms with Gasteiger partial charge < -0.3 is 15.6 Å². The van der Waals surface area contributed by atoms with Gasteiger partial charge in [0.25, 0.3) is 0 Å². The highest BCUT2D eigenvalue weighted by molar-refractivity contribution is 6.05. The highest BCUT2D eigenvalue weighted by Crippen LogP contribution is 2.23. The normalized spacial score (nSPS) is 10.9. The summed E-state index contributed by atoms with van der Waals surface area (Å²) in [5.41, 5.74) is 3.76. The summed E-state index contributed by atoms with van der Waals surface area (Å²) in [4.78, 5) is 15.3. The Morgan fingerprint density at radius 1 is 1.05 bits per heavy atom. The SMILES string of the molecule is CC(C)c1cccc(NC(=O)Nc2c[nH]c3ccccc23)c1. The number of aromatic amines is 1. The van der Waals surface area contributed by atoms with Gasteiger partial charge in [-0.3, -0.25) is 0 Å². The van der Waals surface area contributed by atoms with E-state index >= 15 is 0 Å². The van der Waals surface area contributed by atoms with Gasteiger partial charge in [0.15, 0.2) is 0 Å². The minimum Gasteiger partial charge on any atom is -0.359 e. The number of rotatable bonds is 3. The van der Waals surface area contributed by atoms with Crippen LogP contribution in [0.25, 0.3) is 10.9 Å². The summed E-state index contributed by atoms with van der Waals surface area (Å²) in [6.45, 7) is 4.26. The van der Waals surface area contributed by atoms with Crippen LogP contribution in [0.3, 0.4) is 0 Å². The van der Waals surface area contributed by atoms with Crippen LogP contribution in [0.15, 0.2) is 54.7 Å². The number of nitrogens with one attached hydrogen (secondary N) is 3. The first-order valence-electron chi connectivity index (χ1n) is 7.37. The molecule has 0 aliphatic heterocycles. The number of H-pyrrole nitrogens is 1. The zero-order valence-corrected chi connectivity index (χ0v) is 12.7. The summed E-state index contributed by atoms with van der Waals surface area (Å²) in [6, 6.07) is 15.5. The molecule has 112 valence electrons. The van der Waals surface area contributed by atoms with Crippen LogP contribution in [0.1, 0.15) is 25.3 Å². The average molecular weight is 293 g/mol. The van der Waals surface area contributed by atoms with Crippen LogP contribution >= 0.6 is 0 Å². The summed E-state index contributed by atoms with van der Waals surface area (Å²) in [7, 11) is 0. The molecule has 0 radical (unpaired) electrons. The quantitative estimate of drug-likeness (QED) is 0.629. The summed E-state index contributed by atoms with van der Waals surface area (Å²) in [6.07, 6.45) is 1.80. The molecule has 3 aromatic rings. The number of benzene rings is 2. The molecule has 0 saturated heterocycles. The van der Waals surface area contributed by atoms with E-state index in [0.29, 0.717) is 5.92 Å². The van der Waals surface area contributed by atoms with Crippen LogP contribution in [-0.4, -0.2) is 11.0 Å². The molecule has 3 rings (SSSR count). The van der Waals surface area contributed by atoms with Crippen molar-refractivity contribution in [3.05, 3.63) is 60.3 Å². The molecule has 0 unspecified atom stereocenters. The van der Waals surface area contributed by atoms with Gasteiger partial charge in [-0.25, -0.2) is 4.79 Å². The average Bonchev–Trinajstić information content (AvgIpc) is 2.91. The summed E-state index contributed by atoms with van der Waals surface area (Å²) in [5, 5.41) is 6.75. The maximum Gasteiger partial charge on any atom is 0.323 e. The molecule has 4 heteroatoms. The fourth-order valence-electron chi connectivity index (χ4n) is 2.44. The lowest BCUT2D eigenvalue weighted by Gasteiger charge is -2.10. The Morgan fingerprint density at radius 2 is 1.86 bits per heavy atom. The number of urea groups is 1.